The molecule has 37 heavy (non-hydrogen) atoms. The lowest BCUT2D eigenvalue weighted by Crippen LogP contribution is -2.50. The van der Waals surface area contributed by atoms with Crippen LogP contribution in [0.5, 0.6) is 5.75 Å². The number of carbonyl (C=O) groups excluding carboxylic acids is 2. The fraction of sp³-hybridized carbons (Fsp3) is 0.500. The van der Waals surface area contributed by atoms with Gasteiger partial charge in [0.25, 0.3) is 0 Å². The maximum atomic E-state index is 13.4. The largest absolute Gasteiger partial charge is 0.497 e. The quantitative estimate of drug-likeness (QED) is 0.456. The van der Waals surface area contributed by atoms with Crippen LogP contribution in [0, 0.1) is 5.92 Å². The van der Waals surface area contributed by atoms with Crippen LogP contribution in [0.25, 0.3) is 0 Å². The molecule has 1 fully saturated rings. The van der Waals surface area contributed by atoms with Crippen molar-refractivity contribution in [2.75, 3.05) is 26.7 Å². The highest BCUT2D eigenvalue weighted by Gasteiger charge is 2.45. The van der Waals surface area contributed by atoms with E-state index in [1.807, 2.05) is 61.5 Å². The zero-order valence-corrected chi connectivity index (χ0v) is 21.9. The summed E-state index contributed by atoms with van der Waals surface area (Å²) in [5, 5.41) is 0. The molecule has 202 valence electrons. The van der Waals surface area contributed by atoms with E-state index >= 15 is 0 Å². The van der Waals surface area contributed by atoms with Gasteiger partial charge in [-0.15, -0.1) is 0 Å². The predicted molar refractivity (Wildman–Crippen MR) is 134 cm³/mol. The number of methoxy groups -OCH3 is 1. The van der Waals surface area contributed by atoms with Crippen LogP contribution in [0.4, 0.5) is 18.0 Å². The minimum atomic E-state index is -4.93. The van der Waals surface area contributed by atoms with Gasteiger partial charge in [-0.25, -0.2) is 4.79 Å². The molecule has 0 bridgehead atoms. The van der Waals surface area contributed by atoms with Gasteiger partial charge in [0, 0.05) is 25.6 Å². The van der Waals surface area contributed by atoms with Gasteiger partial charge in [-0.3, -0.25) is 4.79 Å². The number of nitrogens with zero attached hydrogens (tertiary/aromatic N) is 2. The molecular weight excluding hydrogens is 485 g/mol. The minimum Gasteiger partial charge on any atom is -0.497 e. The monoisotopic (exact) mass is 520 g/mol. The molecule has 0 saturated carbocycles. The lowest BCUT2D eigenvalue weighted by Gasteiger charge is -2.42. The summed E-state index contributed by atoms with van der Waals surface area (Å²) in [4.78, 5) is 28.0. The number of alkyl halides is 3. The van der Waals surface area contributed by atoms with Crippen molar-refractivity contribution in [1.82, 2.24) is 9.80 Å². The fourth-order valence-corrected chi connectivity index (χ4v) is 4.71. The first-order valence-electron chi connectivity index (χ1n) is 12.3. The molecule has 2 amide bonds. The van der Waals surface area contributed by atoms with E-state index in [4.69, 9.17) is 9.47 Å². The summed E-state index contributed by atoms with van der Waals surface area (Å²) in [6.45, 7) is 7.37. The van der Waals surface area contributed by atoms with Crippen LogP contribution in [0.3, 0.4) is 0 Å². The van der Waals surface area contributed by atoms with Gasteiger partial charge < -0.3 is 19.3 Å². The van der Waals surface area contributed by atoms with Crippen LogP contribution in [0.2, 0.25) is 0 Å². The van der Waals surface area contributed by atoms with Crippen molar-refractivity contribution in [3.05, 3.63) is 65.7 Å². The average Bonchev–Trinajstić information content (AvgIpc) is 2.85. The highest BCUT2D eigenvalue weighted by molar-refractivity contribution is 5.82. The Morgan fingerprint density at radius 3 is 2.35 bits per heavy atom. The van der Waals surface area contributed by atoms with Crippen molar-refractivity contribution in [1.29, 1.82) is 0 Å². The fourth-order valence-electron chi connectivity index (χ4n) is 4.71. The van der Waals surface area contributed by atoms with Gasteiger partial charge in [0.05, 0.1) is 13.2 Å². The van der Waals surface area contributed by atoms with Crippen molar-refractivity contribution in [2.24, 2.45) is 5.92 Å². The highest BCUT2D eigenvalue weighted by Crippen LogP contribution is 2.37. The van der Waals surface area contributed by atoms with Gasteiger partial charge in [0.2, 0.25) is 0 Å². The zero-order valence-electron chi connectivity index (χ0n) is 21.9. The smallest absolute Gasteiger partial charge is 0.471 e. The molecule has 1 aliphatic rings. The molecule has 2 unspecified atom stereocenters. The third-order valence-electron chi connectivity index (χ3n) is 6.62. The Kier molecular flexibility index (Phi) is 8.76. The number of amides is 2. The summed E-state index contributed by atoms with van der Waals surface area (Å²) in [6, 6.07) is 16.2. The Morgan fingerprint density at radius 2 is 1.76 bits per heavy atom. The summed E-state index contributed by atoms with van der Waals surface area (Å²) >= 11 is 0. The summed E-state index contributed by atoms with van der Waals surface area (Å²) < 4.78 is 50.7. The number of benzene rings is 2. The van der Waals surface area contributed by atoms with E-state index in [1.54, 1.807) is 32.8 Å². The summed E-state index contributed by atoms with van der Waals surface area (Å²) in [5.41, 5.74) is 0.932. The SMILES string of the molecule is COc1cccc([C@@H](C)N(CC2CCN(C(=O)C(F)(F)F)CC2c2ccccc2)C(=O)OC(C)(C)C)c1. The van der Waals surface area contributed by atoms with E-state index in [-0.39, 0.29) is 31.5 Å². The summed E-state index contributed by atoms with van der Waals surface area (Å²) in [5.74, 6) is -1.76. The van der Waals surface area contributed by atoms with E-state index in [1.165, 1.54) is 0 Å². The number of rotatable bonds is 6. The van der Waals surface area contributed by atoms with E-state index in [9.17, 15) is 22.8 Å². The lowest BCUT2D eigenvalue weighted by molar-refractivity contribution is -0.187. The number of likely N-dealkylation sites (tertiary alicyclic amines) is 1. The molecule has 2 aromatic carbocycles. The molecule has 6 nitrogen and oxygen atoms in total. The number of halogens is 3. The molecule has 3 atom stereocenters. The van der Waals surface area contributed by atoms with Gasteiger partial charge in [0.15, 0.2) is 0 Å². The average molecular weight is 521 g/mol. The molecule has 0 aliphatic carbocycles. The van der Waals surface area contributed by atoms with Crippen molar-refractivity contribution in [3.63, 3.8) is 0 Å². The Bertz CT molecular complexity index is 1070. The van der Waals surface area contributed by atoms with Gasteiger partial charge in [-0.2, -0.15) is 13.2 Å². The molecule has 0 spiro atoms. The van der Waals surface area contributed by atoms with Crippen LogP contribution in [-0.4, -0.2) is 60.3 Å². The van der Waals surface area contributed by atoms with Crippen molar-refractivity contribution in [2.45, 2.75) is 57.9 Å². The number of ether oxygens (including phenoxy) is 2. The van der Waals surface area contributed by atoms with Crippen molar-refractivity contribution >= 4 is 12.0 Å². The molecular formula is C28H35F3N2O4. The molecule has 3 rings (SSSR count). The Hall–Kier alpha value is -3.23. The standard InChI is InChI=1S/C28H35F3N2O4/c1-19(21-12-9-13-23(16-21)36-5)33(26(35)37-27(2,3)4)17-22-14-15-32(25(34)28(29,30)31)18-24(22)20-10-7-6-8-11-20/h6-13,16,19,22,24H,14-15,17-18H2,1-5H3/t19-,22?,24?/m1/s1. The summed E-state index contributed by atoms with van der Waals surface area (Å²) in [6.07, 6.45) is -5.13. The minimum absolute atomic E-state index is 0.0396. The number of hydrogen-bond donors (Lipinski definition) is 0. The van der Waals surface area contributed by atoms with E-state index in [2.05, 4.69) is 0 Å². The zero-order chi connectivity index (χ0) is 27.4. The Morgan fingerprint density at radius 1 is 1.08 bits per heavy atom. The molecule has 0 N–H and O–H groups in total. The first-order chi connectivity index (χ1) is 17.3. The maximum Gasteiger partial charge on any atom is 0.471 e. The van der Waals surface area contributed by atoms with E-state index in [0.29, 0.717) is 12.2 Å². The van der Waals surface area contributed by atoms with Crippen LogP contribution >= 0.6 is 0 Å². The normalized spacial score (nSPS) is 19.2. The number of hydrogen-bond acceptors (Lipinski definition) is 4. The first kappa shape index (κ1) is 28.3. The number of piperidine rings is 1. The van der Waals surface area contributed by atoms with Crippen molar-refractivity contribution < 1.29 is 32.2 Å². The van der Waals surface area contributed by atoms with E-state index in [0.717, 1.165) is 16.0 Å². The molecule has 1 saturated heterocycles. The van der Waals surface area contributed by atoms with Crippen LogP contribution in [0.15, 0.2) is 54.6 Å². The van der Waals surface area contributed by atoms with Gasteiger partial charge in [-0.1, -0.05) is 42.5 Å². The Labute approximate surface area is 216 Å². The maximum absolute atomic E-state index is 13.4. The third-order valence-corrected chi connectivity index (χ3v) is 6.62. The van der Waals surface area contributed by atoms with Crippen molar-refractivity contribution in [3.8, 4) is 5.75 Å². The van der Waals surface area contributed by atoms with Crippen LogP contribution < -0.4 is 4.74 Å². The molecule has 1 heterocycles. The molecule has 0 aromatic heterocycles. The second-order valence-electron chi connectivity index (χ2n) is 10.4. The molecule has 2 aromatic rings. The number of carbonyl (C=O) groups is 2. The molecule has 1 aliphatic heterocycles. The lowest BCUT2D eigenvalue weighted by atomic mass is 9.80. The van der Waals surface area contributed by atoms with Gasteiger partial charge >= 0.3 is 18.2 Å². The first-order valence-corrected chi connectivity index (χ1v) is 12.3. The second kappa shape index (κ2) is 11.4. The molecule has 0 radical (unpaired) electrons. The summed E-state index contributed by atoms with van der Waals surface area (Å²) in [7, 11) is 1.57. The van der Waals surface area contributed by atoms with E-state index < -0.39 is 29.8 Å². The third kappa shape index (κ3) is 7.40. The predicted octanol–water partition coefficient (Wildman–Crippen LogP) is 6.19. The van der Waals surface area contributed by atoms with Crippen LogP contribution in [0.1, 0.15) is 57.2 Å². The van der Waals surface area contributed by atoms with Gasteiger partial charge in [0.1, 0.15) is 11.4 Å². The second-order valence-corrected chi connectivity index (χ2v) is 10.4. The topological polar surface area (TPSA) is 59.1 Å². The highest BCUT2D eigenvalue weighted by atomic mass is 19.4. The van der Waals surface area contributed by atoms with Crippen LogP contribution in [-0.2, 0) is 9.53 Å². The Balaban J connectivity index is 1.94. The molecule has 9 heteroatoms. The van der Waals surface area contributed by atoms with Gasteiger partial charge in [-0.05, 0) is 63.3 Å².